The SMILES string of the molecule is C#CCC(CC)NC1CCN(C(C)C)C1. The van der Waals surface area contributed by atoms with Crippen molar-refractivity contribution in [3.63, 3.8) is 0 Å². The highest BCUT2D eigenvalue weighted by Crippen LogP contribution is 2.13. The number of nitrogens with zero attached hydrogens (tertiary/aromatic N) is 1. The molecule has 2 unspecified atom stereocenters. The van der Waals surface area contributed by atoms with Crippen LogP contribution in [0.4, 0.5) is 0 Å². The van der Waals surface area contributed by atoms with Gasteiger partial charge in [0.25, 0.3) is 0 Å². The molecule has 0 aromatic carbocycles. The van der Waals surface area contributed by atoms with Gasteiger partial charge < -0.3 is 5.32 Å². The predicted octanol–water partition coefficient (Wildman–Crippen LogP) is 1.86. The highest BCUT2D eigenvalue weighted by molar-refractivity contribution is 4.92. The molecule has 0 spiro atoms. The lowest BCUT2D eigenvalue weighted by molar-refractivity contribution is 0.265. The third-order valence-electron chi connectivity index (χ3n) is 3.28. The lowest BCUT2D eigenvalue weighted by Crippen LogP contribution is -2.40. The molecule has 0 aromatic heterocycles. The van der Waals surface area contributed by atoms with Gasteiger partial charge in [-0.15, -0.1) is 12.3 Å². The Balaban J connectivity index is 2.31. The number of likely N-dealkylation sites (tertiary alicyclic amines) is 1. The molecule has 1 saturated heterocycles. The fraction of sp³-hybridized carbons (Fsp3) is 0.846. The summed E-state index contributed by atoms with van der Waals surface area (Å²) in [5.41, 5.74) is 0. The fourth-order valence-electron chi connectivity index (χ4n) is 2.19. The Morgan fingerprint density at radius 1 is 1.53 bits per heavy atom. The molecule has 2 heteroatoms. The molecule has 15 heavy (non-hydrogen) atoms. The van der Waals surface area contributed by atoms with E-state index in [1.165, 1.54) is 19.5 Å². The number of rotatable bonds is 5. The average Bonchev–Trinajstić information content (AvgIpc) is 2.65. The minimum absolute atomic E-state index is 0.507. The molecule has 1 aliphatic rings. The first kappa shape index (κ1) is 12.5. The van der Waals surface area contributed by atoms with Gasteiger partial charge in [0.1, 0.15) is 0 Å². The molecule has 1 fully saturated rings. The molecule has 0 radical (unpaired) electrons. The van der Waals surface area contributed by atoms with Crippen molar-refractivity contribution >= 4 is 0 Å². The Morgan fingerprint density at radius 2 is 2.27 bits per heavy atom. The summed E-state index contributed by atoms with van der Waals surface area (Å²) in [6.45, 7) is 9.13. The van der Waals surface area contributed by atoms with Crippen molar-refractivity contribution in [3.8, 4) is 12.3 Å². The van der Waals surface area contributed by atoms with Crippen LogP contribution in [0.3, 0.4) is 0 Å². The van der Waals surface area contributed by atoms with Crippen molar-refractivity contribution in [1.29, 1.82) is 0 Å². The van der Waals surface area contributed by atoms with Gasteiger partial charge in [-0.05, 0) is 33.2 Å². The standard InChI is InChI=1S/C13H24N2/c1-5-7-12(6-2)14-13-8-9-15(10-13)11(3)4/h1,11-14H,6-10H2,2-4H3. The highest BCUT2D eigenvalue weighted by atomic mass is 15.2. The van der Waals surface area contributed by atoms with E-state index in [1.54, 1.807) is 0 Å². The van der Waals surface area contributed by atoms with Crippen LogP contribution in [-0.2, 0) is 0 Å². The summed E-state index contributed by atoms with van der Waals surface area (Å²) in [5.74, 6) is 2.75. The van der Waals surface area contributed by atoms with E-state index < -0.39 is 0 Å². The summed E-state index contributed by atoms with van der Waals surface area (Å²) in [6, 6.07) is 1.82. The highest BCUT2D eigenvalue weighted by Gasteiger charge is 2.25. The van der Waals surface area contributed by atoms with Gasteiger partial charge in [0, 0.05) is 31.1 Å². The summed E-state index contributed by atoms with van der Waals surface area (Å²) in [6.07, 6.45) is 8.60. The number of hydrogen-bond acceptors (Lipinski definition) is 2. The second-order valence-corrected chi connectivity index (χ2v) is 4.75. The number of nitrogens with one attached hydrogen (secondary N) is 1. The second-order valence-electron chi connectivity index (χ2n) is 4.75. The summed E-state index contributed by atoms with van der Waals surface area (Å²) in [7, 11) is 0. The van der Waals surface area contributed by atoms with E-state index >= 15 is 0 Å². The van der Waals surface area contributed by atoms with Crippen molar-refractivity contribution in [2.75, 3.05) is 13.1 Å². The van der Waals surface area contributed by atoms with Crippen molar-refractivity contribution in [2.45, 2.75) is 58.2 Å². The summed E-state index contributed by atoms with van der Waals surface area (Å²) in [5, 5.41) is 3.67. The average molecular weight is 208 g/mol. The summed E-state index contributed by atoms with van der Waals surface area (Å²) in [4.78, 5) is 2.53. The maximum atomic E-state index is 5.35. The molecule has 86 valence electrons. The van der Waals surface area contributed by atoms with Crippen LogP contribution in [0.2, 0.25) is 0 Å². The molecule has 0 bridgehead atoms. The molecule has 2 nitrogen and oxygen atoms in total. The van der Waals surface area contributed by atoms with Gasteiger partial charge >= 0.3 is 0 Å². The first-order valence-electron chi connectivity index (χ1n) is 6.11. The van der Waals surface area contributed by atoms with Gasteiger partial charge in [0.2, 0.25) is 0 Å². The Hall–Kier alpha value is -0.520. The quantitative estimate of drug-likeness (QED) is 0.694. The van der Waals surface area contributed by atoms with Crippen LogP contribution >= 0.6 is 0 Å². The van der Waals surface area contributed by atoms with Crippen LogP contribution in [0, 0.1) is 12.3 Å². The van der Waals surface area contributed by atoms with Gasteiger partial charge in [-0.3, -0.25) is 4.90 Å². The molecule has 1 rings (SSSR count). The van der Waals surface area contributed by atoms with E-state index in [4.69, 9.17) is 6.42 Å². The normalized spacial score (nSPS) is 24.3. The van der Waals surface area contributed by atoms with E-state index in [9.17, 15) is 0 Å². The van der Waals surface area contributed by atoms with Crippen LogP contribution in [0.5, 0.6) is 0 Å². The third kappa shape index (κ3) is 3.85. The fourth-order valence-corrected chi connectivity index (χ4v) is 2.19. The van der Waals surface area contributed by atoms with Gasteiger partial charge in [0.15, 0.2) is 0 Å². The Morgan fingerprint density at radius 3 is 2.73 bits per heavy atom. The molecule has 0 saturated carbocycles. The van der Waals surface area contributed by atoms with Gasteiger partial charge in [-0.2, -0.15) is 0 Å². The number of hydrogen-bond donors (Lipinski definition) is 1. The maximum absolute atomic E-state index is 5.35. The summed E-state index contributed by atoms with van der Waals surface area (Å²) >= 11 is 0. The smallest absolute Gasteiger partial charge is 0.0240 e. The van der Waals surface area contributed by atoms with E-state index in [0.29, 0.717) is 18.1 Å². The topological polar surface area (TPSA) is 15.3 Å². The molecule has 1 aliphatic heterocycles. The first-order chi connectivity index (χ1) is 7.17. The lowest BCUT2D eigenvalue weighted by atomic mass is 10.1. The van der Waals surface area contributed by atoms with E-state index in [2.05, 4.69) is 36.9 Å². The molecular weight excluding hydrogens is 184 g/mol. The zero-order valence-corrected chi connectivity index (χ0v) is 10.3. The molecule has 0 aliphatic carbocycles. The van der Waals surface area contributed by atoms with E-state index in [0.717, 1.165) is 12.8 Å². The predicted molar refractivity (Wildman–Crippen MR) is 65.8 cm³/mol. The third-order valence-corrected chi connectivity index (χ3v) is 3.28. The van der Waals surface area contributed by atoms with E-state index in [1.807, 2.05) is 0 Å². The zero-order chi connectivity index (χ0) is 11.3. The minimum atomic E-state index is 0.507. The van der Waals surface area contributed by atoms with Crippen molar-refractivity contribution < 1.29 is 0 Å². The monoisotopic (exact) mass is 208 g/mol. The molecule has 0 amide bonds. The largest absolute Gasteiger partial charge is 0.309 e. The van der Waals surface area contributed by atoms with Gasteiger partial charge in [0.05, 0.1) is 0 Å². The van der Waals surface area contributed by atoms with Crippen LogP contribution in [0.1, 0.15) is 40.0 Å². The van der Waals surface area contributed by atoms with Crippen LogP contribution < -0.4 is 5.32 Å². The molecule has 1 N–H and O–H groups in total. The van der Waals surface area contributed by atoms with Crippen LogP contribution in [0.15, 0.2) is 0 Å². The Labute approximate surface area is 94.4 Å². The maximum Gasteiger partial charge on any atom is 0.0240 e. The van der Waals surface area contributed by atoms with Gasteiger partial charge in [-0.1, -0.05) is 6.92 Å². The summed E-state index contributed by atoms with van der Waals surface area (Å²) < 4.78 is 0. The molecular formula is C13H24N2. The van der Waals surface area contributed by atoms with Crippen LogP contribution in [-0.4, -0.2) is 36.1 Å². The van der Waals surface area contributed by atoms with Crippen LogP contribution in [0.25, 0.3) is 0 Å². The minimum Gasteiger partial charge on any atom is -0.309 e. The van der Waals surface area contributed by atoms with Crippen molar-refractivity contribution in [1.82, 2.24) is 10.2 Å². The Kier molecular flexibility index (Phi) is 5.14. The second kappa shape index (κ2) is 6.15. The lowest BCUT2D eigenvalue weighted by Gasteiger charge is -2.23. The molecule has 0 aromatic rings. The zero-order valence-electron chi connectivity index (χ0n) is 10.3. The number of terminal acetylenes is 1. The molecule has 2 atom stereocenters. The van der Waals surface area contributed by atoms with Gasteiger partial charge in [-0.25, -0.2) is 0 Å². The van der Waals surface area contributed by atoms with Crippen molar-refractivity contribution in [2.24, 2.45) is 0 Å². The Bertz CT molecular complexity index is 217. The van der Waals surface area contributed by atoms with E-state index in [-0.39, 0.29) is 0 Å². The molecule has 1 heterocycles. The van der Waals surface area contributed by atoms with Crippen molar-refractivity contribution in [3.05, 3.63) is 0 Å². The first-order valence-corrected chi connectivity index (χ1v) is 6.11.